The molecule has 0 atom stereocenters. The molecular formula is C13H20ClN3. The molecule has 0 spiro atoms. The topological polar surface area (TPSA) is 19.4 Å². The number of nitrogens with zero attached hydrogens (tertiary/aromatic N) is 3. The molecule has 1 fully saturated rings. The normalized spacial score (nSPS) is 16.9. The molecule has 1 aliphatic rings. The lowest BCUT2D eigenvalue weighted by atomic mass is 10.3. The van der Waals surface area contributed by atoms with Gasteiger partial charge in [-0.25, -0.2) is 0 Å². The molecule has 0 aromatic carbocycles. The second-order valence-electron chi connectivity index (χ2n) is 4.75. The van der Waals surface area contributed by atoms with Gasteiger partial charge in [0.05, 0.1) is 5.69 Å². The summed E-state index contributed by atoms with van der Waals surface area (Å²) in [5, 5.41) is 0.767. The summed E-state index contributed by atoms with van der Waals surface area (Å²) in [6, 6.07) is 3.75. The summed E-state index contributed by atoms with van der Waals surface area (Å²) < 4.78 is 0. The number of likely N-dealkylation sites (tertiary alicyclic amines) is 1. The summed E-state index contributed by atoms with van der Waals surface area (Å²) in [6.45, 7) is 5.66. The van der Waals surface area contributed by atoms with E-state index in [0.29, 0.717) is 0 Å². The van der Waals surface area contributed by atoms with Crippen LogP contribution < -0.4 is 0 Å². The Kier molecular flexibility index (Phi) is 4.77. The van der Waals surface area contributed by atoms with Crippen molar-refractivity contribution < 1.29 is 0 Å². The highest BCUT2D eigenvalue weighted by atomic mass is 35.5. The molecule has 0 aliphatic carbocycles. The van der Waals surface area contributed by atoms with Crippen LogP contribution in [-0.4, -0.2) is 48.0 Å². The van der Waals surface area contributed by atoms with Crippen LogP contribution in [0.1, 0.15) is 18.5 Å². The van der Waals surface area contributed by atoms with Crippen molar-refractivity contribution in [3.05, 3.63) is 29.0 Å². The number of likely N-dealkylation sites (N-methyl/N-ethyl adjacent to an activating group) is 1. The van der Waals surface area contributed by atoms with Crippen molar-refractivity contribution in [3.63, 3.8) is 0 Å². The number of aromatic nitrogens is 1. The number of hydrogen-bond acceptors (Lipinski definition) is 3. The molecule has 0 amide bonds. The zero-order chi connectivity index (χ0) is 12.1. The fourth-order valence-electron chi connectivity index (χ4n) is 2.21. The Morgan fingerprint density at radius 3 is 2.88 bits per heavy atom. The highest BCUT2D eigenvalue weighted by Gasteiger charge is 2.11. The van der Waals surface area contributed by atoms with E-state index in [1.54, 1.807) is 6.20 Å². The largest absolute Gasteiger partial charge is 0.302 e. The minimum absolute atomic E-state index is 0.767. The molecule has 4 heteroatoms. The third-order valence-corrected chi connectivity index (χ3v) is 3.44. The molecule has 1 aliphatic heterocycles. The zero-order valence-corrected chi connectivity index (χ0v) is 11.2. The molecule has 1 aromatic rings. The van der Waals surface area contributed by atoms with Gasteiger partial charge < -0.3 is 4.90 Å². The van der Waals surface area contributed by atoms with E-state index in [-0.39, 0.29) is 0 Å². The van der Waals surface area contributed by atoms with Crippen LogP contribution >= 0.6 is 11.6 Å². The minimum atomic E-state index is 0.767. The fourth-order valence-corrected chi connectivity index (χ4v) is 2.39. The van der Waals surface area contributed by atoms with Crippen molar-refractivity contribution >= 4 is 11.6 Å². The van der Waals surface area contributed by atoms with E-state index in [2.05, 4.69) is 21.8 Å². The number of rotatable bonds is 5. The average Bonchev–Trinajstić information content (AvgIpc) is 2.79. The van der Waals surface area contributed by atoms with E-state index in [0.717, 1.165) is 30.4 Å². The molecule has 0 unspecified atom stereocenters. The SMILES string of the molecule is CN(CCN1CCCC1)Cc1cc(Cl)ccn1. The number of hydrogen-bond donors (Lipinski definition) is 0. The van der Waals surface area contributed by atoms with Crippen molar-refractivity contribution in [3.8, 4) is 0 Å². The van der Waals surface area contributed by atoms with Crippen molar-refractivity contribution in [1.29, 1.82) is 0 Å². The van der Waals surface area contributed by atoms with Gasteiger partial charge in [-0.15, -0.1) is 0 Å². The third kappa shape index (κ3) is 4.26. The minimum Gasteiger partial charge on any atom is -0.302 e. The summed E-state index contributed by atoms with van der Waals surface area (Å²) in [5.74, 6) is 0. The lowest BCUT2D eigenvalue weighted by Gasteiger charge is -2.20. The van der Waals surface area contributed by atoms with Gasteiger partial charge >= 0.3 is 0 Å². The van der Waals surface area contributed by atoms with Crippen molar-refractivity contribution in [2.75, 3.05) is 33.2 Å². The first-order chi connectivity index (χ1) is 8.24. The van der Waals surface area contributed by atoms with Gasteiger partial charge in [0.1, 0.15) is 0 Å². The highest BCUT2D eigenvalue weighted by molar-refractivity contribution is 6.30. The van der Waals surface area contributed by atoms with Gasteiger partial charge in [-0.1, -0.05) is 11.6 Å². The first-order valence-corrected chi connectivity index (χ1v) is 6.63. The fraction of sp³-hybridized carbons (Fsp3) is 0.615. The van der Waals surface area contributed by atoms with Crippen LogP contribution in [-0.2, 0) is 6.54 Å². The van der Waals surface area contributed by atoms with Crippen LogP contribution in [0.4, 0.5) is 0 Å². The molecule has 3 nitrogen and oxygen atoms in total. The molecule has 1 saturated heterocycles. The predicted molar refractivity (Wildman–Crippen MR) is 71.3 cm³/mol. The Bertz CT molecular complexity index is 350. The van der Waals surface area contributed by atoms with Gasteiger partial charge in [0.25, 0.3) is 0 Å². The Labute approximate surface area is 108 Å². The summed E-state index contributed by atoms with van der Waals surface area (Å²) in [4.78, 5) is 9.15. The first kappa shape index (κ1) is 12.8. The van der Waals surface area contributed by atoms with Crippen LogP contribution in [0.5, 0.6) is 0 Å². The molecular weight excluding hydrogens is 234 g/mol. The Morgan fingerprint density at radius 1 is 1.41 bits per heavy atom. The van der Waals surface area contributed by atoms with Gasteiger partial charge in [0, 0.05) is 30.9 Å². The standard InChI is InChI=1S/C13H20ClN3/c1-16(8-9-17-6-2-3-7-17)11-13-10-12(14)4-5-15-13/h4-5,10H,2-3,6-9,11H2,1H3. The van der Waals surface area contributed by atoms with Crippen LogP contribution in [0.25, 0.3) is 0 Å². The van der Waals surface area contributed by atoms with Crippen molar-refractivity contribution in [2.24, 2.45) is 0 Å². The number of pyridine rings is 1. The summed E-state index contributed by atoms with van der Waals surface area (Å²) in [5.41, 5.74) is 1.04. The monoisotopic (exact) mass is 253 g/mol. The molecule has 0 N–H and O–H groups in total. The van der Waals surface area contributed by atoms with Crippen LogP contribution in [0.2, 0.25) is 5.02 Å². The smallest absolute Gasteiger partial charge is 0.0558 e. The molecule has 2 rings (SSSR count). The zero-order valence-electron chi connectivity index (χ0n) is 10.4. The second kappa shape index (κ2) is 6.34. The Morgan fingerprint density at radius 2 is 2.18 bits per heavy atom. The van der Waals surface area contributed by atoms with Gasteiger partial charge in [-0.2, -0.15) is 0 Å². The van der Waals surface area contributed by atoms with E-state index in [1.165, 1.54) is 25.9 Å². The van der Waals surface area contributed by atoms with E-state index in [4.69, 9.17) is 11.6 Å². The average molecular weight is 254 g/mol. The van der Waals surface area contributed by atoms with Crippen LogP contribution in [0, 0.1) is 0 Å². The lowest BCUT2D eigenvalue weighted by molar-refractivity contribution is 0.250. The maximum atomic E-state index is 5.94. The first-order valence-electron chi connectivity index (χ1n) is 6.25. The van der Waals surface area contributed by atoms with Gasteiger partial charge in [-0.05, 0) is 45.1 Å². The van der Waals surface area contributed by atoms with E-state index in [9.17, 15) is 0 Å². The summed E-state index contributed by atoms with van der Waals surface area (Å²) >= 11 is 5.94. The maximum Gasteiger partial charge on any atom is 0.0558 e. The summed E-state index contributed by atoms with van der Waals surface area (Å²) in [6.07, 6.45) is 4.49. The van der Waals surface area contributed by atoms with Gasteiger partial charge in [0.15, 0.2) is 0 Å². The van der Waals surface area contributed by atoms with Crippen molar-refractivity contribution in [2.45, 2.75) is 19.4 Å². The highest BCUT2D eigenvalue weighted by Crippen LogP contribution is 2.10. The molecule has 2 heterocycles. The van der Waals surface area contributed by atoms with E-state index in [1.807, 2.05) is 12.1 Å². The quantitative estimate of drug-likeness (QED) is 0.803. The van der Waals surface area contributed by atoms with E-state index < -0.39 is 0 Å². The molecule has 1 aromatic heterocycles. The molecule has 0 radical (unpaired) electrons. The van der Waals surface area contributed by atoms with Gasteiger partial charge in [0.2, 0.25) is 0 Å². The molecule has 0 bridgehead atoms. The molecule has 0 saturated carbocycles. The van der Waals surface area contributed by atoms with Crippen LogP contribution in [0.15, 0.2) is 18.3 Å². The second-order valence-corrected chi connectivity index (χ2v) is 5.19. The predicted octanol–water partition coefficient (Wildman–Crippen LogP) is 2.26. The molecule has 17 heavy (non-hydrogen) atoms. The third-order valence-electron chi connectivity index (χ3n) is 3.21. The Hall–Kier alpha value is -0.640. The van der Waals surface area contributed by atoms with Crippen LogP contribution in [0.3, 0.4) is 0 Å². The Balaban J connectivity index is 1.74. The van der Waals surface area contributed by atoms with Gasteiger partial charge in [-0.3, -0.25) is 9.88 Å². The lowest BCUT2D eigenvalue weighted by Crippen LogP contribution is -2.31. The molecule has 94 valence electrons. The summed E-state index contributed by atoms with van der Waals surface area (Å²) in [7, 11) is 2.14. The van der Waals surface area contributed by atoms with Crippen molar-refractivity contribution in [1.82, 2.24) is 14.8 Å². The van der Waals surface area contributed by atoms with E-state index >= 15 is 0 Å². The maximum absolute atomic E-state index is 5.94. The number of halogens is 1.